The van der Waals surface area contributed by atoms with Crippen molar-refractivity contribution in [2.24, 2.45) is 0 Å². The Labute approximate surface area is 110 Å². The number of hydrogen-bond donors (Lipinski definition) is 2. The summed E-state index contributed by atoms with van der Waals surface area (Å²) in [7, 11) is 1.64. The highest BCUT2D eigenvalue weighted by atomic mass is 19.3. The predicted molar refractivity (Wildman–Crippen MR) is 65.9 cm³/mol. The van der Waals surface area contributed by atoms with Crippen LogP contribution in [0, 0.1) is 0 Å². The number of aliphatic hydroxyl groups is 1. The van der Waals surface area contributed by atoms with Crippen molar-refractivity contribution in [3.05, 3.63) is 23.3 Å². The Balaban J connectivity index is 2.49. The maximum atomic E-state index is 13.7. The Bertz CT molecular complexity index is 460. The number of aliphatic hydroxyl groups excluding tert-OH is 1. The molecular weight excluding hydrogens is 256 g/mol. The van der Waals surface area contributed by atoms with E-state index in [-0.39, 0.29) is 17.7 Å². The van der Waals surface area contributed by atoms with E-state index in [0.29, 0.717) is 24.7 Å². The van der Waals surface area contributed by atoms with Gasteiger partial charge in [-0.3, -0.25) is 0 Å². The van der Waals surface area contributed by atoms with Crippen molar-refractivity contribution in [3.63, 3.8) is 0 Å². The van der Waals surface area contributed by atoms with Crippen LogP contribution in [0.4, 0.5) is 8.78 Å². The van der Waals surface area contributed by atoms with Gasteiger partial charge in [-0.1, -0.05) is 0 Å². The van der Waals surface area contributed by atoms with Gasteiger partial charge in [-0.05, 0) is 24.7 Å². The average molecular weight is 273 g/mol. The normalized spacial score (nSPS) is 16.3. The summed E-state index contributed by atoms with van der Waals surface area (Å²) in [5, 5.41) is 12.7. The third kappa shape index (κ3) is 2.96. The zero-order valence-corrected chi connectivity index (χ0v) is 10.9. The molecule has 0 spiro atoms. The highest BCUT2D eigenvalue weighted by Gasteiger charge is 2.32. The minimum atomic E-state index is -3.06. The molecule has 0 saturated heterocycles. The van der Waals surface area contributed by atoms with E-state index < -0.39 is 12.0 Å². The van der Waals surface area contributed by atoms with Crippen LogP contribution >= 0.6 is 0 Å². The minimum absolute atomic E-state index is 0.158. The van der Waals surface area contributed by atoms with Gasteiger partial charge in [0.25, 0.3) is 5.92 Å². The molecule has 6 heteroatoms. The largest absolute Gasteiger partial charge is 0.486 e. The second kappa shape index (κ2) is 5.30. The monoisotopic (exact) mass is 273 g/mol. The van der Waals surface area contributed by atoms with Gasteiger partial charge in [-0.25, -0.2) is 8.78 Å². The number of nitrogens with one attached hydrogen (secondary N) is 1. The topological polar surface area (TPSA) is 50.7 Å². The van der Waals surface area contributed by atoms with E-state index in [1.807, 2.05) is 0 Å². The van der Waals surface area contributed by atoms with Crippen molar-refractivity contribution >= 4 is 0 Å². The second-order valence-corrected chi connectivity index (χ2v) is 4.54. The molecule has 0 amide bonds. The van der Waals surface area contributed by atoms with Crippen LogP contribution in [0.1, 0.15) is 24.2 Å². The molecule has 1 aliphatic rings. The van der Waals surface area contributed by atoms with Crippen LogP contribution in [0.2, 0.25) is 0 Å². The lowest BCUT2D eigenvalue weighted by molar-refractivity contribution is 0.0131. The van der Waals surface area contributed by atoms with Gasteiger partial charge in [0.05, 0.1) is 6.10 Å². The van der Waals surface area contributed by atoms with Crippen LogP contribution in [-0.4, -0.2) is 31.9 Å². The van der Waals surface area contributed by atoms with Crippen molar-refractivity contribution in [1.29, 1.82) is 0 Å². The van der Waals surface area contributed by atoms with E-state index in [4.69, 9.17) is 9.47 Å². The molecule has 4 nitrogen and oxygen atoms in total. The molecular formula is C13H17F2NO3. The van der Waals surface area contributed by atoms with Crippen molar-refractivity contribution < 1.29 is 23.4 Å². The van der Waals surface area contributed by atoms with E-state index >= 15 is 0 Å². The number of fused-ring (bicyclic) bond motifs is 1. The summed E-state index contributed by atoms with van der Waals surface area (Å²) in [6.45, 7) is 1.69. The first-order chi connectivity index (χ1) is 8.93. The predicted octanol–water partition coefficient (Wildman–Crippen LogP) is 1.82. The Morgan fingerprint density at radius 1 is 1.32 bits per heavy atom. The van der Waals surface area contributed by atoms with Crippen molar-refractivity contribution in [2.45, 2.75) is 19.0 Å². The number of hydrogen-bond acceptors (Lipinski definition) is 4. The molecule has 1 aromatic rings. The minimum Gasteiger partial charge on any atom is -0.486 e. The molecule has 0 fully saturated rings. The average Bonchev–Trinajstić information content (AvgIpc) is 2.36. The van der Waals surface area contributed by atoms with Gasteiger partial charge in [0, 0.05) is 19.0 Å². The molecule has 19 heavy (non-hydrogen) atoms. The summed E-state index contributed by atoms with van der Waals surface area (Å²) in [5.74, 6) is -2.37. The SMILES string of the molecule is CNCC(O)c1cc2c(cc1C(C)(F)F)OCCO2. The molecule has 1 heterocycles. The Morgan fingerprint density at radius 3 is 2.42 bits per heavy atom. The molecule has 106 valence electrons. The molecule has 1 atom stereocenters. The first-order valence-electron chi connectivity index (χ1n) is 6.08. The third-order valence-electron chi connectivity index (χ3n) is 2.94. The van der Waals surface area contributed by atoms with Gasteiger partial charge < -0.3 is 19.9 Å². The van der Waals surface area contributed by atoms with Crippen molar-refractivity contribution in [1.82, 2.24) is 5.32 Å². The molecule has 1 aromatic carbocycles. The summed E-state index contributed by atoms with van der Waals surface area (Å²) < 4.78 is 38.0. The molecule has 1 unspecified atom stereocenters. The lowest BCUT2D eigenvalue weighted by Gasteiger charge is -2.25. The number of benzene rings is 1. The van der Waals surface area contributed by atoms with Crippen LogP contribution in [0.3, 0.4) is 0 Å². The number of halogens is 2. The van der Waals surface area contributed by atoms with E-state index in [1.165, 1.54) is 12.1 Å². The van der Waals surface area contributed by atoms with Gasteiger partial charge >= 0.3 is 0 Å². The molecule has 0 saturated carbocycles. The van der Waals surface area contributed by atoms with Crippen LogP contribution in [0.25, 0.3) is 0 Å². The number of ether oxygens (including phenoxy) is 2. The van der Waals surface area contributed by atoms with Gasteiger partial charge in [0.15, 0.2) is 11.5 Å². The fraction of sp³-hybridized carbons (Fsp3) is 0.538. The zero-order chi connectivity index (χ0) is 14.0. The smallest absolute Gasteiger partial charge is 0.271 e. The first-order valence-corrected chi connectivity index (χ1v) is 6.08. The quantitative estimate of drug-likeness (QED) is 0.878. The summed E-state index contributed by atoms with van der Waals surface area (Å²) in [5.41, 5.74) is -0.0781. The van der Waals surface area contributed by atoms with E-state index in [0.717, 1.165) is 6.92 Å². The molecule has 2 rings (SSSR count). The standard InChI is InChI=1S/C13H17F2NO3/c1-13(14,15)9-6-12-11(18-3-4-19-12)5-8(9)10(17)7-16-2/h5-6,10,16-17H,3-4,7H2,1-2H3. The summed E-state index contributed by atoms with van der Waals surface area (Å²) in [6.07, 6.45) is -1.03. The van der Waals surface area contributed by atoms with Crippen molar-refractivity contribution in [3.8, 4) is 11.5 Å². The van der Waals surface area contributed by atoms with Gasteiger partial charge in [-0.15, -0.1) is 0 Å². The maximum absolute atomic E-state index is 13.7. The number of rotatable bonds is 4. The Hall–Kier alpha value is -1.40. The van der Waals surface area contributed by atoms with Crippen molar-refractivity contribution in [2.75, 3.05) is 26.8 Å². The maximum Gasteiger partial charge on any atom is 0.271 e. The lowest BCUT2D eigenvalue weighted by atomic mass is 9.97. The molecule has 1 aliphatic heterocycles. The molecule has 0 radical (unpaired) electrons. The number of alkyl halides is 2. The second-order valence-electron chi connectivity index (χ2n) is 4.54. The van der Waals surface area contributed by atoms with E-state index in [2.05, 4.69) is 5.32 Å². The Kier molecular flexibility index (Phi) is 3.91. The summed E-state index contributed by atoms with van der Waals surface area (Å²) in [4.78, 5) is 0. The summed E-state index contributed by atoms with van der Waals surface area (Å²) in [6, 6.07) is 2.69. The van der Waals surface area contributed by atoms with Crippen LogP contribution in [-0.2, 0) is 5.92 Å². The molecule has 0 aliphatic carbocycles. The van der Waals surface area contributed by atoms with Gasteiger partial charge in [-0.2, -0.15) is 0 Å². The number of likely N-dealkylation sites (N-methyl/N-ethyl adjacent to an activating group) is 1. The third-order valence-corrected chi connectivity index (χ3v) is 2.94. The highest BCUT2D eigenvalue weighted by molar-refractivity contribution is 5.50. The summed E-state index contributed by atoms with van der Waals surface area (Å²) >= 11 is 0. The highest BCUT2D eigenvalue weighted by Crippen LogP contribution is 2.41. The van der Waals surface area contributed by atoms with Crippen LogP contribution < -0.4 is 14.8 Å². The molecule has 0 aromatic heterocycles. The van der Waals surface area contributed by atoms with Gasteiger partial charge in [0.1, 0.15) is 13.2 Å². The fourth-order valence-corrected chi connectivity index (χ4v) is 2.06. The first kappa shape index (κ1) is 14.0. The van der Waals surface area contributed by atoms with Crippen LogP contribution in [0.15, 0.2) is 12.1 Å². The van der Waals surface area contributed by atoms with Crippen LogP contribution in [0.5, 0.6) is 11.5 Å². The van der Waals surface area contributed by atoms with E-state index in [9.17, 15) is 13.9 Å². The lowest BCUT2D eigenvalue weighted by Crippen LogP contribution is -2.23. The van der Waals surface area contributed by atoms with Gasteiger partial charge in [0.2, 0.25) is 0 Å². The fourth-order valence-electron chi connectivity index (χ4n) is 2.06. The zero-order valence-electron chi connectivity index (χ0n) is 10.9. The Morgan fingerprint density at radius 2 is 1.89 bits per heavy atom. The molecule has 2 N–H and O–H groups in total. The van der Waals surface area contributed by atoms with E-state index in [1.54, 1.807) is 7.05 Å². The molecule has 0 bridgehead atoms.